The van der Waals surface area contributed by atoms with Crippen LogP contribution in [0.25, 0.3) is 0 Å². The molecule has 1 aliphatic rings. The van der Waals surface area contributed by atoms with Gasteiger partial charge in [-0.2, -0.15) is 0 Å². The largest absolute Gasteiger partial charge is 0.457 e. The number of amides is 1. The van der Waals surface area contributed by atoms with Gasteiger partial charge in [0.1, 0.15) is 11.5 Å². The average molecular weight is 404 g/mol. The fourth-order valence-electron chi connectivity index (χ4n) is 3.40. The van der Waals surface area contributed by atoms with Crippen LogP contribution in [0.3, 0.4) is 0 Å². The van der Waals surface area contributed by atoms with E-state index in [2.05, 4.69) is 5.32 Å². The second-order valence-electron chi connectivity index (χ2n) is 6.93. The molecule has 3 rings (SSSR count). The minimum Gasteiger partial charge on any atom is -0.457 e. The Morgan fingerprint density at radius 2 is 1.64 bits per heavy atom. The predicted molar refractivity (Wildman–Crippen MR) is 104 cm³/mol. The fraction of sp³-hybridized carbons (Fsp3) is 0.350. The Balaban J connectivity index is 1.69. The standard InChI is InChI=1S/C20H24N2O5S/c23-19(22-24)20(10-13-21-14-11-20)12-15-28(25,26)18-8-6-17(7-9-18)27-16-4-2-1-3-5-16/h1-9,21,24H,10-15H2,(H,22,23). The van der Waals surface area contributed by atoms with Crippen LogP contribution in [-0.2, 0) is 14.6 Å². The van der Waals surface area contributed by atoms with Crippen LogP contribution in [0.2, 0.25) is 0 Å². The summed E-state index contributed by atoms with van der Waals surface area (Å²) in [6.07, 6.45) is 1.13. The van der Waals surface area contributed by atoms with Gasteiger partial charge in [-0.05, 0) is 68.8 Å². The van der Waals surface area contributed by atoms with Gasteiger partial charge in [0.15, 0.2) is 9.84 Å². The highest BCUT2D eigenvalue weighted by Gasteiger charge is 2.40. The molecule has 7 nitrogen and oxygen atoms in total. The summed E-state index contributed by atoms with van der Waals surface area (Å²) in [6, 6.07) is 15.5. The summed E-state index contributed by atoms with van der Waals surface area (Å²) >= 11 is 0. The number of hydroxylamine groups is 1. The van der Waals surface area contributed by atoms with Crippen molar-refractivity contribution in [2.75, 3.05) is 18.8 Å². The second kappa shape index (κ2) is 8.72. The van der Waals surface area contributed by atoms with E-state index in [4.69, 9.17) is 9.94 Å². The van der Waals surface area contributed by atoms with Gasteiger partial charge in [0.25, 0.3) is 0 Å². The highest BCUT2D eigenvalue weighted by Crippen LogP contribution is 2.34. The molecule has 2 aromatic carbocycles. The minimum atomic E-state index is -3.57. The molecule has 3 N–H and O–H groups in total. The zero-order valence-corrected chi connectivity index (χ0v) is 16.2. The van der Waals surface area contributed by atoms with Gasteiger partial charge in [-0.15, -0.1) is 0 Å². The average Bonchev–Trinajstić information content (AvgIpc) is 2.73. The van der Waals surface area contributed by atoms with E-state index < -0.39 is 21.2 Å². The van der Waals surface area contributed by atoms with E-state index in [9.17, 15) is 13.2 Å². The molecule has 1 amide bonds. The topological polar surface area (TPSA) is 105 Å². The lowest BCUT2D eigenvalue weighted by molar-refractivity contribution is -0.141. The number of nitrogens with one attached hydrogen (secondary N) is 2. The van der Waals surface area contributed by atoms with Crippen molar-refractivity contribution in [3.63, 3.8) is 0 Å². The molecule has 1 saturated heterocycles. The Labute approximate surface area is 164 Å². The third-order valence-electron chi connectivity index (χ3n) is 5.15. The highest BCUT2D eigenvalue weighted by molar-refractivity contribution is 7.91. The van der Waals surface area contributed by atoms with Crippen molar-refractivity contribution < 1.29 is 23.2 Å². The summed E-state index contributed by atoms with van der Waals surface area (Å²) in [7, 11) is -3.57. The number of hydrogen-bond acceptors (Lipinski definition) is 6. The molecule has 0 aromatic heterocycles. The molecule has 0 spiro atoms. The van der Waals surface area contributed by atoms with Gasteiger partial charge in [0, 0.05) is 0 Å². The zero-order chi connectivity index (χ0) is 20.0. The Morgan fingerprint density at radius 1 is 1.04 bits per heavy atom. The van der Waals surface area contributed by atoms with Crippen LogP contribution in [0.1, 0.15) is 19.3 Å². The van der Waals surface area contributed by atoms with Gasteiger partial charge in [-0.3, -0.25) is 10.0 Å². The normalized spacial score (nSPS) is 16.3. The predicted octanol–water partition coefficient (Wildman–Crippen LogP) is 2.52. The lowest BCUT2D eigenvalue weighted by Gasteiger charge is -2.35. The molecule has 28 heavy (non-hydrogen) atoms. The maximum Gasteiger partial charge on any atom is 0.249 e. The van der Waals surface area contributed by atoms with Gasteiger partial charge in [-0.1, -0.05) is 18.2 Å². The van der Waals surface area contributed by atoms with Crippen LogP contribution in [0.15, 0.2) is 59.5 Å². The van der Waals surface area contributed by atoms with E-state index in [-0.39, 0.29) is 17.1 Å². The molecular weight excluding hydrogens is 380 g/mol. The van der Waals surface area contributed by atoms with Crippen molar-refractivity contribution >= 4 is 15.7 Å². The minimum absolute atomic E-state index is 0.158. The lowest BCUT2D eigenvalue weighted by atomic mass is 9.76. The fourth-order valence-corrected chi connectivity index (χ4v) is 4.85. The summed E-state index contributed by atoms with van der Waals surface area (Å²) in [4.78, 5) is 12.3. The van der Waals surface area contributed by atoms with Gasteiger partial charge < -0.3 is 10.1 Å². The van der Waals surface area contributed by atoms with Crippen molar-refractivity contribution in [2.45, 2.75) is 24.2 Å². The first-order valence-electron chi connectivity index (χ1n) is 9.16. The van der Waals surface area contributed by atoms with Crippen LogP contribution >= 0.6 is 0 Å². The Hall–Kier alpha value is -2.42. The number of hydrogen-bond donors (Lipinski definition) is 3. The van der Waals surface area contributed by atoms with E-state index in [1.165, 1.54) is 12.1 Å². The number of carbonyl (C=O) groups is 1. The number of rotatable bonds is 7. The first kappa shape index (κ1) is 20.3. The summed E-state index contributed by atoms with van der Waals surface area (Å²) < 4.78 is 31.2. The summed E-state index contributed by atoms with van der Waals surface area (Å²) in [5.74, 6) is 0.524. The molecular formula is C20H24N2O5S. The third kappa shape index (κ3) is 4.70. The molecule has 0 atom stereocenters. The van der Waals surface area contributed by atoms with Crippen LogP contribution < -0.4 is 15.5 Å². The van der Waals surface area contributed by atoms with E-state index >= 15 is 0 Å². The monoisotopic (exact) mass is 404 g/mol. The van der Waals surface area contributed by atoms with Crippen molar-refractivity contribution in [3.8, 4) is 11.5 Å². The third-order valence-corrected chi connectivity index (χ3v) is 6.89. The van der Waals surface area contributed by atoms with Crippen molar-refractivity contribution in [1.29, 1.82) is 0 Å². The number of ether oxygens (including phenoxy) is 1. The number of carbonyl (C=O) groups excluding carboxylic acids is 1. The molecule has 1 heterocycles. The number of benzene rings is 2. The molecule has 1 aliphatic heterocycles. The van der Waals surface area contributed by atoms with E-state index in [1.54, 1.807) is 17.6 Å². The van der Waals surface area contributed by atoms with Gasteiger partial charge in [0.2, 0.25) is 5.91 Å². The second-order valence-corrected chi connectivity index (χ2v) is 9.04. The molecule has 0 unspecified atom stereocenters. The van der Waals surface area contributed by atoms with Crippen LogP contribution in [-0.4, -0.2) is 38.4 Å². The maximum absolute atomic E-state index is 12.7. The number of sulfone groups is 1. The van der Waals surface area contributed by atoms with Crippen molar-refractivity contribution in [3.05, 3.63) is 54.6 Å². The van der Waals surface area contributed by atoms with E-state index in [0.717, 1.165) is 0 Å². The lowest BCUT2D eigenvalue weighted by Crippen LogP contribution is -2.47. The Morgan fingerprint density at radius 3 is 2.25 bits per heavy atom. The molecule has 8 heteroatoms. The van der Waals surface area contributed by atoms with Gasteiger partial charge in [0.05, 0.1) is 16.1 Å². The molecule has 0 radical (unpaired) electrons. The molecule has 2 aromatic rings. The Bertz CT molecular complexity index is 892. The number of para-hydroxylation sites is 1. The van der Waals surface area contributed by atoms with Crippen molar-refractivity contribution in [1.82, 2.24) is 10.8 Å². The van der Waals surface area contributed by atoms with Crippen LogP contribution in [0, 0.1) is 5.41 Å². The van der Waals surface area contributed by atoms with Crippen molar-refractivity contribution in [2.24, 2.45) is 5.41 Å². The van der Waals surface area contributed by atoms with Gasteiger partial charge >= 0.3 is 0 Å². The highest BCUT2D eigenvalue weighted by atomic mass is 32.2. The molecule has 150 valence electrons. The molecule has 0 bridgehead atoms. The van der Waals surface area contributed by atoms with Gasteiger partial charge in [-0.25, -0.2) is 13.9 Å². The molecule has 0 aliphatic carbocycles. The quantitative estimate of drug-likeness (QED) is 0.484. The van der Waals surface area contributed by atoms with Crippen LogP contribution in [0.4, 0.5) is 0 Å². The molecule has 0 saturated carbocycles. The Kier molecular flexibility index (Phi) is 6.33. The maximum atomic E-state index is 12.7. The SMILES string of the molecule is O=C(NO)C1(CCS(=O)(=O)c2ccc(Oc3ccccc3)cc2)CCNCC1. The van der Waals surface area contributed by atoms with Crippen LogP contribution in [0.5, 0.6) is 11.5 Å². The smallest absolute Gasteiger partial charge is 0.249 e. The van der Waals surface area contributed by atoms with E-state index in [0.29, 0.717) is 37.4 Å². The summed E-state index contributed by atoms with van der Waals surface area (Å²) in [5.41, 5.74) is 0.833. The summed E-state index contributed by atoms with van der Waals surface area (Å²) in [5, 5.41) is 12.2. The van der Waals surface area contributed by atoms with E-state index in [1.807, 2.05) is 30.3 Å². The number of piperidine rings is 1. The first-order chi connectivity index (χ1) is 13.5. The summed E-state index contributed by atoms with van der Waals surface area (Å²) in [6.45, 7) is 1.22. The zero-order valence-electron chi connectivity index (χ0n) is 15.4. The molecule has 1 fully saturated rings. The first-order valence-corrected chi connectivity index (χ1v) is 10.8.